The van der Waals surface area contributed by atoms with E-state index >= 15 is 0 Å². The maximum absolute atomic E-state index is 4.65. The summed E-state index contributed by atoms with van der Waals surface area (Å²) in [4.78, 5) is 0.821. The number of aromatic nitrogens is 6. The molecule has 0 unspecified atom stereocenters. The van der Waals surface area contributed by atoms with Crippen LogP contribution in [0.25, 0.3) is 15.7 Å². The second-order valence-corrected chi connectivity index (χ2v) is 6.94. The highest BCUT2D eigenvalue weighted by Crippen LogP contribution is 2.33. The average molecular weight is 355 g/mol. The van der Waals surface area contributed by atoms with Gasteiger partial charge in [-0.25, -0.2) is 0 Å². The fourth-order valence-corrected chi connectivity index (χ4v) is 3.71. The van der Waals surface area contributed by atoms with Crippen molar-refractivity contribution in [2.45, 2.75) is 27.2 Å². The predicted molar refractivity (Wildman–Crippen MR) is 81.8 cm³/mol. The standard InChI is InChI=1S/C12H15BrN6S/c1-6(2)5-8-14-15-12-19(8)17-11(20-12)10-9(13)7(3)16-18(10)4/h6H,5H2,1-4H3. The number of nitrogens with zero attached hydrogens (tertiary/aromatic N) is 6. The second kappa shape index (κ2) is 4.92. The number of halogens is 1. The Balaban J connectivity index is 2.11. The third kappa shape index (κ3) is 2.16. The van der Waals surface area contributed by atoms with Gasteiger partial charge in [0.15, 0.2) is 10.8 Å². The molecule has 106 valence electrons. The Hall–Kier alpha value is -1.28. The molecule has 0 aliphatic rings. The molecule has 0 saturated carbocycles. The largest absolute Gasteiger partial charge is 0.264 e. The summed E-state index contributed by atoms with van der Waals surface area (Å²) in [6.07, 6.45) is 0.871. The van der Waals surface area contributed by atoms with Crippen molar-refractivity contribution in [2.75, 3.05) is 0 Å². The molecule has 0 aliphatic carbocycles. The molecule has 0 saturated heterocycles. The zero-order chi connectivity index (χ0) is 14.4. The fourth-order valence-electron chi connectivity index (χ4n) is 2.11. The first-order chi connectivity index (χ1) is 9.47. The highest BCUT2D eigenvalue weighted by atomic mass is 79.9. The van der Waals surface area contributed by atoms with Gasteiger partial charge in [-0.05, 0) is 28.8 Å². The molecule has 0 amide bonds. The van der Waals surface area contributed by atoms with E-state index in [0.29, 0.717) is 5.92 Å². The van der Waals surface area contributed by atoms with E-state index in [1.807, 2.05) is 23.2 Å². The lowest BCUT2D eigenvalue weighted by Crippen LogP contribution is -2.02. The molecule has 3 rings (SSSR count). The van der Waals surface area contributed by atoms with Gasteiger partial charge in [0.25, 0.3) is 0 Å². The minimum atomic E-state index is 0.526. The van der Waals surface area contributed by atoms with E-state index in [2.05, 4.69) is 50.2 Å². The third-order valence-corrected chi connectivity index (χ3v) is 4.85. The number of aryl methyl sites for hydroxylation is 2. The lowest BCUT2D eigenvalue weighted by atomic mass is 10.1. The Morgan fingerprint density at radius 3 is 2.60 bits per heavy atom. The van der Waals surface area contributed by atoms with Gasteiger partial charge >= 0.3 is 0 Å². The van der Waals surface area contributed by atoms with Crippen molar-refractivity contribution in [1.82, 2.24) is 29.6 Å². The molecule has 0 radical (unpaired) electrons. The van der Waals surface area contributed by atoms with Gasteiger partial charge in [0.1, 0.15) is 5.69 Å². The van der Waals surface area contributed by atoms with Crippen molar-refractivity contribution >= 4 is 32.2 Å². The maximum Gasteiger partial charge on any atom is 0.235 e. The van der Waals surface area contributed by atoms with E-state index in [4.69, 9.17) is 0 Å². The zero-order valence-electron chi connectivity index (χ0n) is 11.8. The molecule has 6 nitrogen and oxygen atoms in total. The average Bonchev–Trinajstić information content (AvgIpc) is 2.96. The van der Waals surface area contributed by atoms with Crippen LogP contribution in [0.5, 0.6) is 0 Å². The first-order valence-electron chi connectivity index (χ1n) is 6.38. The summed E-state index contributed by atoms with van der Waals surface area (Å²) in [5.74, 6) is 1.44. The number of rotatable bonds is 3. The van der Waals surface area contributed by atoms with Crippen molar-refractivity contribution in [3.63, 3.8) is 0 Å². The van der Waals surface area contributed by atoms with Crippen molar-refractivity contribution in [3.8, 4) is 10.7 Å². The molecule has 8 heteroatoms. The molecular formula is C12H15BrN6S. The predicted octanol–water partition coefficient (Wildman–Crippen LogP) is 2.86. The van der Waals surface area contributed by atoms with E-state index in [-0.39, 0.29) is 0 Å². The van der Waals surface area contributed by atoms with Crippen LogP contribution >= 0.6 is 27.3 Å². The summed E-state index contributed by atoms with van der Waals surface area (Å²) >= 11 is 5.11. The molecule has 0 spiro atoms. The van der Waals surface area contributed by atoms with Crippen LogP contribution in [0.4, 0.5) is 0 Å². The van der Waals surface area contributed by atoms with E-state index in [0.717, 1.165) is 38.1 Å². The van der Waals surface area contributed by atoms with Gasteiger partial charge in [-0.3, -0.25) is 4.68 Å². The van der Waals surface area contributed by atoms with Crippen LogP contribution in [0.3, 0.4) is 0 Å². The fraction of sp³-hybridized carbons (Fsp3) is 0.500. The molecule has 3 aromatic heterocycles. The monoisotopic (exact) mass is 354 g/mol. The van der Waals surface area contributed by atoms with Crippen molar-refractivity contribution in [3.05, 3.63) is 16.0 Å². The lowest BCUT2D eigenvalue weighted by Gasteiger charge is -2.00. The van der Waals surface area contributed by atoms with Gasteiger partial charge in [-0.2, -0.15) is 14.7 Å². The second-order valence-electron chi connectivity index (χ2n) is 5.19. The van der Waals surface area contributed by atoms with Crippen LogP contribution in [-0.2, 0) is 13.5 Å². The summed E-state index contributed by atoms with van der Waals surface area (Å²) in [5, 5.41) is 18.4. The van der Waals surface area contributed by atoms with Gasteiger partial charge in [0, 0.05) is 13.5 Å². The molecule has 0 aromatic carbocycles. The molecule has 3 heterocycles. The Kier molecular flexibility index (Phi) is 3.37. The molecule has 20 heavy (non-hydrogen) atoms. The van der Waals surface area contributed by atoms with Crippen LogP contribution in [0.15, 0.2) is 4.47 Å². The maximum atomic E-state index is 4.65. The summed E-state index contributed by atoms with van der Waals surface area (Å²) < 4.78 is 4.66. The minimum Gasteiger partial charge on any atom is -0.264 e. The minimum absolute atomic E-state index is 0.526. The highest BCUT2D eigenvalue weighted by molar-refractivity contribution is 9.10. The molecule has 0 N–H and O–H groups in total. The highest BCUT2D eigenvalue weighted by Gasteiger charge is 2.19. The Bertz CT molecular complexity index is 768. The Morgan fingerprint density at radius 1 is 1.25 bits per heavy atom. The SMILES string of the molecule is Cc1nn(C)c(-c2nn3c(CC(C)C)nnc3s2)c1Br. The molecule has 0 atom stereocenters. The third-order valence-electron chi connectivity index (χ3n) is 3.00. The topological polar surface area (TPSA) is 60.9 Å². The van der Waals surface area contributed by atoms with Crippen LogP contribution in [0.2, 0.25) is 0 Å². The number of hydrogen-bond acceptors (Lipinski definition) is 5. The molecule has 0 fully saturated rings. The Labute approximate surface area is 129 Å². The number of fused-ring (bicyclic) bond motifs is 1. The van der Waals surface area contributed by atoms with Crippen molar-refractivity contribution in [2.24, 2.45) is 13.0 Å². The van der Waals surface area contributed by atoms with Gasteiger partial charge < -0.3 is 0 Å². The molecule has 0 aliphatic heterocycles. The molecular weight excluding hydrogens is 340 g/mol. The van der Waals surface area contributed by atoms with Crippen molar-refractivity contribution < 1.29 is 0 Å². The van der Waals surface area contributed by atoms with E-state index in [9.17, 15) is 0 Å². The summed E-state index contributed by atoms with van der Waals surface area (Å²) in [6.45, 7) is 6.29. The summed E-state index contributed by atoms with van der Waals surface area (Å²) in [6, 6.07) is 0. The van der Waals surface area contributed by atoms with E-state index in [1.165, 1.54) is 11.3 Å². The normalized spacial score (nSPS) is 11.9. The van der Waals surface area contributed by atoms with Crippen LogP contribution < -0.4 is 0 Å². The zero-order valence-corrected chi connectivity index (χ0v) is 14.2. The van der Waals surface area contributed by atoms with Crippen LogP contribution in [0.1, 0.15) is 25.4 Å². The van der Waals surface area contributed by atoms with Crippen LogP contribution in [-0.4, -0.2) is 29.6 Å². The Morgan fingerprint density at radius 2 is 2.00 bits per heavy atom. The smallest absolute Gasteiger partial charge is 0.235 e. The van der Waals surface area contributed by atoms with Crippen molar-refractivity contribution in [1.29, 1.82) is 0 Å². The lowest BCUT2D eigenvalue weighted by molar-refractivity contribution is 0.607. The first-order valence-corrected chi connectivity index (χ1v) is 7.99. The van der Waals surface area contributed by atoms with Gasteiger partial charge in [-0.15, -0.1) is 10.2 Å². The summed E-state index contributed by atoms with van der Waals surface area (Å²) in [7, 11) is 1.92. The molecule has 0 bridgehead atoms. The first kappa shape index (κ1) is 13.7. The number of hydrogen-bond donors (Lipinski definition) is 0. The molecule has 3 aromatic rings. The van der Waals surface area contributed by atoms with Gasteiger partial charge in [0.05, 0.1) is 10.2 Å². The van der Waals surface area contributed by atoms with Gasteiger partial charge in [-0.1, -0.05) is 25.2 Å². The van der Waals surface area contributed by atoms with E-state index < -0.39 is 0 Å². The van der Waals surface area contributed by atoms with E-state index in [1.54, 1.807) is 0 Å². The van der Waals surface area contributed by atoms with Gasteiger partial charge in [0.2, 0.25) is 4.96 Å². The summed E-state index contributed by atoms with van der Waals surface area (Å²) in [5.41, 5.74) is 1.93. The quantitative estimate of drug-likeness (QED) is 0.725. The van der Waals surface area contributed by atoms with Crippen LogP contribution in [0, 0.1) is 12.8 Å².